The molecule has 1 amide bonds. The molecule has 0 aromatic carbocycles. The Balaban J connectivity index is 0.00000180. The van der Waals surface area contributed by atoms with Crippen LogP contribution in [-0.2, 0) is 6.42 Å². The second kappa shape index (κ2) is 7.88. The molecule has 0 aliphatic carbocycles. The van der Waals surface area contributed by atoms with Crippen molar-refractivity contribution in [3.63, 3.8) is 0 Å². The molecule has 2 N–H and O–H groups in total. The molecule has 1 aromatic rings. The van der Waals surface area contributed by atoms with E-state index in [4.69, 9.17) is 0 Å². The fourth-order valence-electron chi connectivity index (χ4n) is 2.38. The number of rotatable bonds is 4. The molecule has 2 heterocycles. The number of carbonyl (C=O) groups excluding carboxylic acids is 1. The van der Waals surface area contributed by atoms with Crippen LogP contribution in [0, 0.1) is 6.92 Å². The van der Waals surface area contributed by atoms with Crippen LogP contribution in [0.3, 0.4) is 0 Å². The van der Waals surface area contributed by atoms with Crippen LogP contribution < -0.4 is 10.6 Å². The number of halogens is 1. The molecule has 19 heavy (non-hydrogen) atoms. The van der Waals surface area contributed by atoms with Crippen molar-refractivity contribution >= 4 is 29.7 Å². The Labute approximate surface area is 125 Å². The molecule has 0 unspecified atom stereocenters. The minimum Gasteiger partial charge on any atom is -0.347 e. The predicted molar refractivity (Wildman–Crippen MR) is 83.7 cm³/mol. The fourth-order valence-corrected chi connectivity index (χ4v) is 3.36. The highest BCUT2D eigenvalue weighted by atomic mass is 35.5. The maximum absolute atomic E-state index is 12.2. The summed E-state index contributed by atoms with van der Waals surface area (Å²) in [5, 5.41) is 6.44. The summed E-state index contributed by atoms with van der Waals surface area (Å²) in [5.74, 6) is 0.0964. The van der Waals surface area contributed by atoms with Crippen molar-refractivity contribution in [2.75, 3.05) is 13.1 Å². The molecule has 1 aliphatic heterocycles. The zero-order valence-electron chi connectivity index (χ0n) is 11.6. The number of thiophene rings is 1. The second-order valence-electron chi connectivity index (χ2n) is 4.96. The monoisotopic (exact) mass is 302 g/mol. The van der Waals surface area contributed by atoms with Crippen molar-refractivity contribution in [2.24, 2.45) is 0 Å². The summed E-state index contributed by atoms with van der Waals surface area (Å²) in [6.07, 6.45) is 4.44. The van der Waals surface area contributed by atoms with Crippen LogP contribution in [-0.4, -0.2) is 25.0 Å². The van der Waals surface area contributed by atoms with Gasteiger partial charge in [0.2, 0.25) is 0 Å². The summed E-state index contributed by atoms with van der Waals surface area (Å²) < 4.78 is 0. The highest BCUT2D eigenvalue weighted by Crippen LogP contribution is 2.23. The van der Waals surface area contributed by atoms with Gasteiger partial charge < -0.3 is 10.6 Å². The number of amides is 1. The SMILES string of the molecule is CCCc1cc(C(=O)N[C@H]2CCCNC2)sc1C.Cl. The summed E-state index contributed by atoms with van der Waals surface area (Å²) in [6.45, 7) is 6.25. The Bertz CT molecular complexity index is 414. The highest BCUT2D eigenvalue weighted by molar-refractivity contribution is 7.14. The van der Waals surface area contributed by atoms with Crippen molar-refractivity contribution in [3.8, 4) is 0 Å². The molecule has 1 saturated heterocycles. The zero-order valence-corrected chi connectivity index (χ0v) is 13.3. The van der Waals surface area contributed by atoms with Gasteiger partial charge in [0.25, 0.3) is 5.91 Å². The maximum atomic E-state index is 12.2. The average molecular weight is 303 g/mol. The molecule has 0 spiro atoms. The van der Waals surface area contributed by atoms with E-state index in [2.05, 4.69) is 30.5 Å². The third kappa shape index (κ3) is 4.48. The van der Waals surface area contributed by atoms with Gasteiger partial charge in [-0.2, -0.15) is 0 Å². The lowest BCUT2D eigenvalue weighted by Crippen LogP contribution is -2.45. The van der Waals surface area contributed by atoms with Gasteiger partial charge in [0.05, 0.1) is 4.88 Å². The van der Waals surface area contributed by atoms with E-state index in [-0.39, 0.29) is 18.3 Å². The average Bonchev–Trinajstić information content (AvgIpc) is 2.73. The Hall–Kier alpha value is -0.580. The molecule has 0 radical (unpaired) electrons. The van der Waals surface area contributed by atoms with Gasteiger partial charge in [0.1, 0.15) is 0 Å². The second-order valence-corrected chi connectivity index (χ2v) is 6.22. The lowest BCUT2D eigenvalue weighted by Gasteiger charge is -2.23. The van der Waals surface area contributed by atoms with Crippen LogP contribution in [0.4, 0.5) is 0 Å². The molecule has 1 fully saturated rings. The van der Waals surface area contributed by atoms with Crippen LogP contribution in [0.2, 0.25) is 0 Å². The van der Waals surface area contributed by atoms with Gasteiger partial charge >= 0.3 is 0 Å². The molecule has 1 atom stereocenters. The molecule has 0 saturated carbocycles. The van der Waals surface area contributed by atoms with E-state index in [1.807, 2.05) is 0 Å². The van der Waals surface area contributed by atoms with Gasteiger partial charge in [-0.15, -0.1) is 23.7 Å². The molecule has 1 aliphatic rings. The lowest BCUT2D eigenvalue weighted by atomic mass is 10.1. The standard InChI is InChI=1S/C14H22N2OS.ClH/c1-3-5-11-8-13(18-10(11)2)14(17)16-12-6-4-7-15-9-12;/h8,12,15H,3-7,9H2,1-2H3,(H,16,17);1H/t12-;/m0./s1. The normalized spacial score (nSPS) is 18.7. The van der Waals surface area contributed by atoms with Crippen LogP contribution in [0.15, 0.2) is 6.07 Å². The third-order valence-corrected chi connectivity index (χ3v) is 4.49. The number of aryl methyl sites for hydroxylation is 2. The quantitative estimate of drug-likeness (QED) is 0.898. The van der Waals surface area contributed by atoms with E-state index in [0.717, 1.165) is 43.6 Å². The van der Waals surface area contributed by atoms with Crippen LogP contribution in [0.1, 0.15) is 46.3 Å². The van der Waals surface area contributed by atoms with Gasteiger partial charge in [-0.25, -0.2) is 0 Å². The first kappa shape index (κ1) is 16.5. The lowest BCUT2D eigenvalue weighted by molar-refractivity contribution is 0.0935. The van der Waals surface area contributed by atoms with E-state index in [0.29, 0.717) is 6.04 Å². The van der Waals surface area contributed by atoms with Crippen molar-refractivity contribution < 1.29 is 4.79 Å². The summed E-state index contributed by atoms with van der Waals surface area (Å²) in [6, 6.07) is 2.36. The molecular weight excluding hydrogens is 280 g/mol. The summed E-state index contributed by atoms with van der Waals surface area (Å²) in [4.78, 5) is 14.3. The van der Waals surface area contributed by atoms with Crippen molar-refractivity contribution in [1.29, 1.82) is 0 Å². The third-order valence-electron chi connectivity index (χ3n) is 3.40. The largest absolute Gasteiger partial charge is 0.347 e. The van der Waals surface area contributed by atoms with E-state index >= 15 is 0 Å². The van der Waals surface area contributed by atoms with E-state index in [1.165, 1.54) is 10.4 Å². The molecular formula is C14H23ClN2OS. The molecule has 5 heteroatoms. The molecule has 108 valence electrons. The molecule has 3 nitrogen and oxygen atoms in total. The van der Waals surface area contributed by atoms with E-state index in [9.17, 15) is 4.79 Å². The summed E-state index contributed by atoms with van der Waals surface area (Å²) >= 11 is 1.62. The number of hydrogen-bond acceptors (Lipinski definition) is 3. The fraction of sp³-hybridized carbons (Fsp3) is 0.643. The van der Waals surface area contributed by atoms with Crippen LogP contribution in [0.5, 0.6) is 0 Å². The maximum Gasteiger partial charge on any atom is 0.261 e. The number of carbonyl (C=O) groups is 1. The first-order valence-corrected chi connectivity index (χ1v) is 7.63. The van der Waals surface area contributed by atoms with Gasteiger partial charge in [0, 0.05) is 17.5 Å². The first-order chi connectivity index (χ1) is 8.70. The first-order valence-electron chi connectivity index (χ1n) is 6.81. The van der Waals surface area contributed by atoms with Crippen molar-refractivity contribution in [2.45, 2.75) is 45.6 Å². The minimum absolute atomic E-state index is 0. The van der Waals surface area contributed by atoms with Crippen molar-refractivity contribution in [3.05, 3.63) is 21.4 Å². The van der Waals surface area contributed by atoms with Gasteiger partial charge in [-0.3, -0.25) is 4.79 Å². The Morgan fingerprint density at radius 2 is 2.37 bits per heavy atom. The molecule has 1 aromatic heterocycles. The Morgan fingerprint density at radius 3 is 3.00 bits per heavy atom. The smallest absolute Gasteiger partial charge is 0.261 e. The topological polar surface area (TPSA) is 41.1 Å². The van der Waals surface area contributed by atoms with Crippen LogP contribution >= 0.6 is 23.7 Å². The highest BCUT2D eigenvalue weighted by Gasteiger charge is 2.18. The van der Waals surface area contributed by atoms with E-state index in [1.54, 1.807) is 11.3 Å². The number of hydrogen-bond donors (Lipinski definition) is 2. The number of nitrogens with one attached hydrogen (secondary N) is 2. The van der Waals surface area contributed by atoms with Crippen molar-refractivity contribution in [1.82, 2.24) is 10.6 Å². The van der Waals surface area contributed by atoms with Gasteiger partial charge in [0.15, 0.2) is 0 Å². The number of piperidine rings is 1. The predicted octanol–water partition coefficient (Wildman–Crippen LogP) is 2.91. The Morgan fingerprint density at radius 1 is 1.58 bits per heavy atom. The van der Waals surface area contributed by atoms with Gasteiger partial charge in [-0.05, 0) is 44.4 Å². The molecule has 0 bridgehead atoms. The summed E-state index contributed by atoms with van der Waals surface area (Å²) in [5.41, 5.74) is 1.33. The van der Waals surface area contributed by atoms with Gasteiger partial charge in [-0.1, -0.05) is 13.3 Å². The Kier molecular flexibility index (Phi) is 6.83. The van der Waals surface area contributed by atoms with E-state index < -0.39 is 0 Å². The van der Waals surface area contributed by atoms with Crippen LogP contribution in [0.25, 0.3) is 0 Å². The minimum atomic E-state index is 0. The summed E-state index contributed by atoms with van der Waals surface area (Å²) in [7, 11) is 0. The zero-order chi connectivity index (χ0) is 13.0. The molecule has 2 rings (SSSR count).